The van der Waals surface area contributed by atoms with Crippen molar-refractivity contribution in [2.24, 2.45) is 0 Å². The topological polar surface area (TPSA) is 66.6 Å². The van der Waals surface area contributed by atoms with E-state index in [1.54, 1.807) is 17.0 Å². The van der Waals surface area contributed by atoms with Crippen LogP contribution in [-0.4, -0.2) is 17.6 Å². The van der Waals surface area contributed by atoms with Gasteiger partial charge in [-0.25, -0.2) is 0 Å². The van der Waals surface area contributed by atoms with Gasteiger partial charge in [-0.15, -0.1) is 0 Å². The molecule has 4 nitrogen and oxygen atoms in total. The summed E-state index contributed by atoms with van der Waals surface area (Å²) < 4.78 is 0.755. The molecule has 0 atom stereocenters. The molecule has 1 aliphatic heterocycles. The van der Waals surface area contributed by atoms with Crippen LogP contribution in [0.15, 0.2) is 40.9 Å². The number of amides is 1. The summed E-state index contributed by atoms with van der Waals surface area (Å²) >= 11 is 3.31. The van der Waals surface area contributed by atoms with Crippen molar-refractivity contribution in [3.63, 3.8) is 0 Å². The maximum absolute atomic E-state index is 12.6. The molecule has 0 aliphatic carbocycles. The van der Waals surface area contributed by atoms with E-state index < -0.39 is 0 Å². The first kappa shape index (κ1) is 13.0. The average molecular weight is 333 g/mol. The number of anilines is 2. The van der Waals surface area contributed by atoms with Crippen LogP contribution >= 0.6 is 15.9 Å². The van der Waals surface area contributed by atoms with Crippen molar-refractivity contribution in [2.45, 2.75) is 6.42 Å². The fraction of sp³-hybridized carbons (Fsp3) is 0.133. The molecule has 1 heterocycles. The number of benzene rings is 2. The minimum absolute atomic E-state index is 0.0180. The Morgan fingerprint density at radius 1 is 1.30 bits per heavy atom. The van der Waals surface area contributed by atoms with E-state index in [4.69, 9.17) is 5.73 Å². The summed E-state index contributed by atoms with van der Waals surface area (Å²) in [5.74, 6) is -0.233. The zero-order valence-electron chi connectivity index (χ0n) is 10.6. The summed E-state index contributed by atoms with van der Waals surface area (Å²) in [6.07, 6.45) is 0.739. The monoisotopic (exact) mass is 332 g/mol. The minimum Gasteiger partial charge on any atom is -0.507 e. The molecule has 0 aromatic heterocycles. The summed E-state index contributed by atoms with van der Waals surface area (Å²) in [6.45, 7) is 0.578. The average Bonchev–Trinajstić information content (AvgIpc) is 2.86. The molecule has 0 fully saturated rings. The summed E-state index contributed by atoms with van der Waals surface area (Å²) in [6, 6.07) is 10.4. The molecule has 3 rings (SSSR count). The minimum atomic E-state index is -0.215. The predicted molar refractivity (Wildman–Crippen MR) is 82.0 cm³/mol. The Labute approximate surface area is 125 Å². The van der Waals surface area contributed by atoms with Crippen LogP contribution in [0.1, 0.15) is 15.9 Å². The number of halogens is 1. The molecule has 102 valence electrons. The van der Waals surface area contributed by atoms with Crippen molar-refractivity contribution < 1.29 is 9.90 Å². The van der Waals surface area contributed by atoms with E-state index in [-0.39, 0.29) is 17.2 Å². The maximum atomic E-state index is 12.6. The van der Waals surface area contributed by atoms with E-state index in [0.717, 1.165) is 22.1 Å². The molecule has 2 aromatic rings. The van der Waals surface area contributed by atoms with Gasteiger partial charge >= 0.3 is 0 Å². The van der Waals surface area contributed by atoms with Crippen molar-refractivity contribution >= 4 is 33.2 Å². The third kappa shape index (κ3) is 2.04. The van der Waals surface area contributed by atoms with Gasteiger partial charge in [0.05, 0.1) is 5.56 Å². The van der Waals surface area contributed by atoms with Crippen molar-refractivity contribution in [1.29, 1.82) is 0 Å². The Kier molecular flexibility index (Phi) is 3.14. The largest absolute Gasteiger partial charge is 0.507 e. The molecule has 2 aromatic carbocycles. The van der Waals surface area contributed by atoms with Crippen molar-refractivity contribution in [3.05, 3.63) is 52.0 Å². The van der Waals surface area contributed by atoms with E-state index >= 15 is 0 Å². The number of fused-ring (bicyclic) bond motifs is 1. The van der Waals surface area contributed by atoms with Gasteiger partial charge in [0, 0.05) is 28.0 Å². The second-order valence-electron chi connectivity index (χ2n) is 4.71. The van der Waals surface area contributed by atoms with Gasteiger partial charge in [0.25, 0.3) is 5.91 Å². The van der Waals surface area contributed by atoms with Crippen molar-refractivity contribution in [2.75, 3.05) is 17.2 Å². The molecule has 0 spiro atoms. The lowest BCUT2D eigenvalue weighted by atomic mass is 10.1. The highest BCUT2D eigenvalue weighted by Gasteiger charge is 2.28. The molecular formula is C15H13BrN2O2. The molecule has 3 N–H and O–H groups in total. The number of nitrogen functional groups attached to an aromatic ring is 1. The summed E-state index contributed by atoms with van der Waals surface area (Å²) in [4.78, 5) is 14.3. The number of phenols is 1. The number of hydrogen-bond donors (Lipinski definition) is 2. The van der Waals surface area contributed by atoms with E-state index in [9.17, 15) is 9.90 Å². The standard InChI is InChI=1S/C15H13BrN2O2/c16-9-4-5-14(19)11(8-9)15(20)18-7-6-10-12(17)2-1-3-13(10)18/h1-5,8,19H,6-7,17H2. The van der Waals surface area contributed by atoms with Gasteiger partial charge in [-0.3, -0.25) is 4.79 Å². The lowest BCUT2D eigenvalue weighted by molar-refractivity contribution is 0.0987. The first-order valence-corrected chi connectivity index (χ1v) is 7.05. The van der Waals surface area contributed by atoms with Crippen LogP contribution in [0.4, 0.5) is 11.4 Å². The third-order valence-corrected chi connectivity index (χ3v) is 3.99. The summed E-state index contributed by atoms with van der Waals surface area (Å²) in [7, 11) is 0. The number of aromatic hydroxyl groups is 1. The molecule has 0 unspecified atom stereocenters. The summed E-state index contributed by atoms with van der Waals surface area (Å²) in [5.41, 5.74) is 8.75. The number of hydrogen-bond acceptors (Lipinski definition) is 3. The van der Waals surface area contributed by atoms with Crippen molar-refractivity contribution in [3.8, 4) is 5.75 Å². The highest BCUT2D eigenvalue weighted by Crippen LogP contribution is 2.34. The number of nitrogens with two attached hydrogens (primary N) is 1. The highest BCUT2D eigenvalue weighted by atomic mass is 79.9. The Morgan fingerprint density at radius 3 is 2.90 bits per heavy atom. The summed E-state index contributed by atoms with van der Waals surface area (Å²) in [5, 5.41) is 9.88. The van der Waals surface area contributed by atoms with E-state index in [1.807, 2.05) is 18.2 Å². The van der Waals surface area contributed by atoms with Crippen LogP contribution in [0.2, 0.25) is 0 Å². The van der Waals surface area contributed by atoms with Crippen LogP contribution in [-0.2, 0) is 6.42 Å². The number of phenolic OH excluding ortho intramolecular Hbond substituents is 1. The molecule has 1 aliphatic rings. The fourth-order valence-electron chi connectivity index (χ4n) is 2.50. The molecule has 1 amide bonds. The molecule has 0 saturated carbocycles. The molecule has 5 heteroatoms. The maximum Gasteiger partial charge on any atom is 0.262 e. The first-order chi connectivity index (χ1) is 9.58. The normalized spacial score (nSPS) is 13.3. The van der Waals surface area contributed by atoms with Gasteiger partial charge in [-0.1, -0.05) is 22.0 Å². The first-order valence-electron chi connectivity index (χ1n) is 6.25. The number of rotatable bonds is 1. The Hall–Kier alpha value is -2.01. The fourth-order valence-corrected chi connectivity index (χ4v) is 2.86. The third-order valence-electron chi connectivity index (χ3n) is 3.50. The molecular weight excluding hydrogens is 320 g/mol. The van der Waals surface area contributed by atoms with Gasteiger partial charge in [0.1, 0.15) is 5.75 Å². The quantitative estimate of drug-likeness (QED) is 0.789. The van der Waals surface area contributed by atoms with Gasteiger partial charge in [-0.2, -0.15) is 0 Å². The SMILES string of the molecule is Nc1cccc2c1CCN2C(=O)c1cc(Br)ccc1O. The zero-order valence-corrected chi connectivity index (χ0v) is 12.2. The Bertz CT molecular complexity index is 700. The van der Waals surface area contributed by atoms with Crippen LogP contribution in [0.5, 0.6) is 5.75 Å². The van der Waals surface area contributed by atoms with Crippen LogP contribution < -0.4 is 10.6 Å². The smallest absolute Gasteiger partial charge is 0.262 e. The second-order valence-corrected chi connectivity index (χ2v) is 5.63. The van der Waals surface area contributed by atoms with Crippen molar-refractivity contribution in [1.82, 2.24) is 0 Å². The second kappa shape index (κ2) is 4.83. The van der Waals surface area contributed by atoms with Gasteiger partial charge in [-0.05, 0) is 36.8 Å². The lowest BCUT2D eigenvalue weighted by Crippen LogP contribution is -2.28. The number of carbonyl (C=O) groups excluding carboxylic acids is 1. The van der Waals surface area contributed by atoms with Crippen LogP contribution in [0.3, 0.4) is 0 Å². The van der Waals surface area contributed by atoms with E-state index in [2.05, 4.69) is 15.9 Å². The molecule has 0 saturated heterocycles. The molecule has 20 heavy (non-hydrogen) atoms. The van der Waals surface area contributed by atoms with E-state index in [1.165, 1.54) is 6.07 Å². The number of carbonyl (C=O) groups is 1. The highest BCUT2D eigenvalue weighted by molar-refractivity contribution is 9.10. The molecule has 0 radical (unpaired) electrons. The van der Waals surface area contributed by atoms with Crippen LogP contribution in [0.25, 0.3) is 0 Å². The van der Waals surface area contributed by atoms with E-state index in [0.29, 0.717) is 12.2 Å². The Balaban J connectivity index is 2.02. The van der Waals surface area contributed by atoms with Crippen LogP contribution in [0, 0.1) is 0 Å². The van der Waals surface area contributed by atoms with Gasteiger partial charge in [0.2, 0.25) is 0 Å². The van der Waals surface area contributed by atoms with Gasteiger partial charge in [0.15, 0.2) is 0 Å². The predicted octanol–water partition coefficient (Wildman–Crippen LogP) is 2.94. The lowest BCUT2D eigenvalue weighted by Gasteiger charge is -2.18. The van der Waals surface area contributed by atoms with Gasteiger partial charge < -0.3 is 15.7 Å². The zero-order chi connectivity index (χ0) is 14.3. The Morgan fingerprint density at radius 2 is 2.10 bits per heavy atom. The molecule has 0 bridgehead atoms. The number of nitrogens with zero attached hydrogens (tertiary/aromatic N) is 1.